The Morgan fingerprint density at radius 2 is 1.95 bits per heavy atom. The largest absolute Gasteiger partial charge is 0.376 e. The van der Waals surface area contributed by atoms with Gasteiger partial charge in [-0.2, -0.15) is 0 Å². The molecule has 0 saturated carbocycles. The number of amides is 3. The van der Waals surface area contributed by atoms with Gasteiger partial charge in [-0.15, -0.1) is 0 Å². The Kier molecular flexibility index (Phi) is 7.59. The lowest BCUT2D eigenvalue weighted by molar-refractivity contribution is -0.123. The van der Waals surface area contributed by atoms with Crippen molar-refractivity contribution in [1.82, 2.24) is 14.8 Å². The van der Waals surface area contributed by atoms with Gasteiger partial charge in [0.05, 0.1) is 17.6 Å². The Balaban J connectivity index is 1.36. The van der Waals surface area contributed by atoms with Gasteiger partial charge >= 0.3 is 0 Å². The maximum Gasteiger partial charge on any atom is 0.293 e. The number of nitrogens with one attached hydrogen (secondary N) is 1. The molecule has 0 bridgehead atoms. The van der Waals surface area contributed by atoms with Crippen LogP contribution in [-0.4, -0.2) is 58.1 Å². The van der Waals surface area contributed by atoms with Crippen LogP contribution in [0.1, 0.15) is 28.8 Å². The first-order valence-corrected chi connectivity index (χ1v) is 13.5. The number of thioether (sulfide) groups is 1. The van der Waals surface area contributed by atoms with Gasteiger partial charge in [-0.25, -0.2) is 0 Å². The topological polar surface area (TPSA) is 97.7 Å². The van der Waals surface area contributed by atoms with Crippen molar-refractivity contribution < 1.29 is 23.9 Å². The highest BCUT2D eigenvalue weighted by Crippen LogP contribution is 2.35. The van der Waals surface area contributed by atoms with Crippen molar-refractivity contribution >= 4 is 67.5 Å². The molecule has 2 saturated heterocycles. The van der Waals surface area contributed by atoms with Crippen LogP contribution >= 0.6 is 27.7 Å². The van der Waals surface area contributed by atoms with Crippen LogP contribution in [0.2, 0.25) is 0 Å². The minimum absolute atomic E-state index is 0.0567. The molecule has 37 heavy (non-hydrogen) atoms. The van der Waals surface area contributed by atoms with E-state index in [1.54, 1.807) is 42.6 Å². The first-order valence-electron chi connectivity index (χ1n) is 11.9. The van der Waals surface area contributed by atoms with Gasteiger partial charge in [-0.05, 0) is 48.9 Å². The predicted octanol–water partition coefficient (Wildman–Crippen LogP) is 4.62. The lowest BCUT2D eigenvalue weighted by Crippen LogP contribution is -2.34. The summed E-state index contributed by atoms with van der Waals surface area (Å²) in [6.07, 6.45) is 5.45. The summed E-state index contributed by atoms with van der Waals surface area (Å²) < 4.78 is 8.24. The maximum absolute atomic E-state index is 13.1. The number of ether oxygens (including phenoxy) is 1. The SMILES string of the molecule is O=C(Cn1cc(/C=C2\SC(=O)N(CC(=O)c3ccccc3)C2=O)c2cc(Br)ccc21)NC[C@@H]1CCCO1. The van der Waals surface area contributed by atoms with Gasteiger partial charge in [0.1, 0.15) is 6.54 Å². The van der Waals surface area contributed by atoms with Gasteiger partial charge in [0, 0.05) is 45.9 Å². The summed E-state index contributed by atoms with van der Waals surface area (Å²) in [5.41, 5.74) is 1.96. The number of hydrogen-bond acceptors (Lipinski definition) is 6. The standard InChI is InChI=1S/C27H24BrN3O5S/c28-19-8-9-22-21(12-19)18(14-30(22)16-25(33)29-13-20-7-4-10-36-20)11-24-26(34)31(27(35)37-24)15-23(32)17-5-2-1-3-6-17/h1-3,5-6,8-9,11-12,14,20H,4,7,10,13,15-16H2,(H,29,33)/b24-11-/t20-/m0/s1. The van der Waals surface area contributed by atoms with Gasteiger partial charge in [0.15, 0.2) is 5.78 Å². The first-order chi connectivity index (χ1) is 17.9. The molecule has 0 unspecified atom stereocenters. The summed E-state index contributed by atoms with van der Waals surface area (Å²) >= 11 is 4.29. The molecule has 0 radical (unpaired) electrons. The number of carbonyl (C=O) groups is 4. The van der Waals surface area contributed by atoms with Crippen molar-refractivity contribution in [2.45, 2.75) is 25.5 Å². The van der Waals surface area contributed by atoms with Crippen molar-refractivity contribution in [1.29, 1.82) is 0 Å². The second kappa shape index (κ2) is 11.0. The predicted molar refractivity (Wildman–Crippen MR) is 145 cm³/mol. The van der Waals surface area contributed by atoms with Crippen molar-refractivity contribution in [3.8, 4) is 0 Å². The summed E-state index contributed by atoms with van der Waals surface area (Å²) in [5, 5.41) is 3.27. The monoisotopic (exact) mass is 581 g/mol. The molecule has 1 atom stereocenters. The highest BCUT2D eigenvalue weighted by Gasteiger charge is 2.36. The molecule has 2 fully saturated rings. The van der Waals surface area contributed by atoms with E-state index in [2.05, 4.69) is 21.2 Å². The fourth-order valence-electron chi connectivity index (χ4n) is 4.42. The minimum Gasteiger partial charge on any atom is -0.376 e. The highest BCUT2D eigenvalue weighted by molar-refractivity contribution is 9.10. The zero-order chi connectivity index (χ0) is 25.9. The number of hydrogen-bond donors (Lipinski definition) is 1. The Morgan fingerprint density at radius 1 is 1.14 bits per heavy atom. The molecule has 2 aliphatic rings. The molecule has 5 rings (SSSR count). The third-order valence-electron chi connectivity index (χ3n) is 6.30. The van der Waals surface area contributed by atoms with E-state index in [9.17, 15) is 19.2 Å². The molecule has 3 aromatic rings. The van der Waals surface area contributed by atoms with Gasteiger partial charge in [-0.1, -0.05) is 46.3 Å². The van der Waals surface area contributed by atoms with E-state index in [4.69, 9.17) is 4.74 Å². The van der Waals surface area contributed by atoms with Crippen molar-refractivity contribution in [3.05, 3.63) is 75.2 Å². The van der Waals surface area contributed by atoms with E-state index in [1.165, 1.54) is 0 Å². The number of benzene rings is 2. The molecule has 1 aromatic heterocycles. The van der Waals surface area contributed by atoms with Crippen LogP contribution in [0.4, 0.5) is 4.79 Å². The van der Waals surface area contributed by atoms with E-state index >= 15 is 0 Å². The number of imide groups is 1. The van der Waals surface area contributed by atoms with Crippen LogP contribution in [0.25, 0.3) is 17.0 Å². The van der Waals surface area contributed by atoms with Crippen LogP contribution in [0.3, 0.4) is 0 Å². The second-order valence-electron chi connectivity index (χ2n) is 8.87. The fraction of sp³-hybridized carbons (Fsp3) is 0.259. The van der Waals surface area contributed by atoms with E-state index < -0.39 is 11.1 Å². The van der Waals surface area contributed by atoms with Crippen LogP contribution in [0.5, 0.6) is 0 Å². The minimum atomic E-state index is -0.510. The maximum atomic E-state index is 13.1. The molecular weight excluding hydrogens is 558 g/mol. The van der Waals surface area contributed by atoms with Gasteiger partial charge in [0.2, 0.25) is 5.91 Å². The van der Waals surface area contributed by atoms with Crippen LogP contribution in [-0.2, 0) is 20.9 Å². The lowest BCUT2D eigenvalue weighted by atomic mass is 10.1. The summed E-state index contributed by atoms with van der Waals surface area (Å²) in [6.45, 7) is 0.994. The number of aromatic nitrogens is 1. The Hall–Kier alpha value is -3.21. The molecule has 1 N–H and O–H groups in total. The van der Waals surface area contributed by atoms with E-state index in [-0.39, 0.29) is 35.8 Å². The van der Waals surface area contributed by atoms with Gasteiger partial charge in [0.25, 0.3) is 11.1 Å². The average molecular weight is 582 g/mol. The summed E-state index contributed by atoms with van der Waals surface area (Å²) in [5.74, 6) is -0.954. The lowest BCUT2D eigenvalue weighted by Gasteiger charge is -2.11. The number of halogens is 1. The zero-order valence-corrected chi connectivity index (χ0v) is 22.2. The molecule has 3 amide bonds. The summed E-state index contributed by atoms with van der Waals surface area (Å²) in [4.78, 5) is 52.1. The van der Waals surface area contributed by atoms with Crippen molar-refractivity contribution in [2.24, 2.45) is 0 Å². The molecule has 2 aliphatic heterocycles. The Labute approximate surface area is 226 Å². The third kappa shape index (κ3) is 5.71. The summed E-state index contributed by atoms with van der Waals surface area (Å²) in [7, 11) is 0. The van der Waals surface area contributed by atoms with Crippen molar-refractivity contribution in [2.75, 3.05) is 19.7 Å². The summed E-state index contributed by atoms with van der Waals surface area (Å²) in [6, 6.07) is 14.3. The number of rotatable bonds is 8. The number of carbonyl (C=O) groups excluding carboxylic acids is 4. The van der Waals surface area contributed by atoms with Crippen LogP contribution < -0.4 is 5.32 Å². The van der Waals surface area contributed by atoms with E-state index in [0.29, 0.717) is 17.7 Å². The Bertz CT molecular complexity index is 1410. The second-order valence-corrected chi connectivity index (χ2v) is 10.8. The number of fused-ring (bicyclic) bond motifs is 1. The molecule has 10 heteroatoms. The van der Waals surface area contributed by atoms with E-state index in [1.807, 2.05) is 22.8 Å². The average Bonchev–Trinajstić information content (AvgIpc) is 3.59. The highest BCUT2D eigenvalue weighted by atomic mass is 79.9. The van der Waals surface area contributed by atoms with Gasteiger partial charge in [-0.3, -0.25) is 24.1 Å². The molecular formula is C27H24BrN3O5S. The molecule has 0 aliphatic carbocycles. The molecule has 0 spiro atoms. The number of Topliss-reactive ketones (excluding diaryl/α,β-unsaturated/α-hetero) is 1. The molecule has 3 heterocycles. The van der Waals surface area contributed by atoms with Gasteiger partial charge < -0.3 is 14.6 Å². The van der Waals surface area contributed by atoms with Crippen LogP contribution in [0.15, 0.2) is 64.1 Å². The third-order valence-corrected chi connectivity index (χ3v) is 7.70. The number of nitrogens with zero attached hydrogens (tertiary/aromatic N) is 2. The zero-order valence-electron chi connectivity index (χ0n) is 19.8. The molecule has 2 aromatic carbocycles. The smallest absolute Gasteiger partial charge is 0.293 e. The van der Waals surface area contributed by atoms with Crippen molar-refractivity contribution in [3.63, 3.8) is 0 Å². The fourth-order valence-corrected chi connectivity index (χ4v) is 5.61. The molecule has 8 nitrogen and oxygen atoms in total. The normalized spacial score (nSPS) is 18.8. The van der Waals surface area contributed by atoms with Crippen LogP contribution in [0, 0.1) is 0 Å². The van der Waals surface area contributed by atoms with E-state index in [0.717, 1.165) is 51.5 Å². The molecule has 190 valence electrons. The number of ketones is 1. The Morgan fingerprint density at radius 3 is 2.70 bits per heavy atom. The quantitative estimate of drug-likeness (QED) is 0.308. The first kappa shape index (κ1) is 25.4.